The van der Waals surface area contributed by atoms with E-state index in [1.165, 1.54) is 0 Å². The van der Waals surface area contributed by atoms with E-state index in [0.717, 1.165) is 10.0 Å². The molecule has 3 rings (SSSR count). The highest BCUT2D eigenvalue weighted by atomic mass is 79.9. The molecule has 3 nitrogen and oxygen atoms in total. The van der Waals surface area contributed by atoms with E-state index in [9.17, 15) is 17.6 Å². The van der Waals surface area contributed by atoms with Gasteiger partial charge in [-0.15, -0.1) is 0 Å². The Morgan fingerprint density at radius 1 is 1.00 bits per heavy atom. The molecule has 0 bridgehead atoms. The van der Waals surface area contributed by atoms with Gasteiger partial charge >= 0.3 is 0 Å². The zero-order valence-corrected chi connectivity index (χ0v) is 14.7. The minimum absolute atomic E-state index is 0.106. The molecule has 1 aliphatic heterocycles. The minimum atomic E-state index is -1.67. The number of hydrogen-bond acceptors (Lipinski definition) is 3. The highest BCUT2D eigenvalue weighted by Crippen LogP contribution is 2.36. The molecular formula is C17H15BrF4N2O. The molecule has 2 heterocycles. The number of aromatic nitrogens is 1. The summed E-state index contributed by atoms with van der Waals surface area (Å²) >= 11 is 3.37. The summed E-state index contributed by atoms with van der Waals surface area (Å²) in [7, 11) is 0. The maximum absolute atomic E-state index is 13.8. The summed E-state index contributed by atoms with van der Waals surface area (Å²) in [6.45, 7) is 1.08. The molecule has 134 valence electrons. The molecule has 25 heavy (non-hydrogen) atoms. The Kier molecular flexibility index (Phi) is 5.29. The summed E-state index contributed by atoms with van der Waals surface area (Å²) in [5.74, 6) is -6.41. The van der Waals surface area contributed by atoms with Crippen LogP contribution in [0.15, 0.2) is 28.7 Å². The molecule has 0 aliphatic carbocycles. The SMILES string of the molecule is Fc1nc(F)c(F)c(NCC2(c3ccc(Br)cc3)CCOCC2)c1F. The van der Waals surface area contributed by atoms with E-state index >= 15 is 0 Å². The van der Waals surface area contributed by atoms with E-state index in [1.54, 1.807) is 0 Å². The maximum Gasteiger partial charge on any atom is 0.253 e. The second kappa shape index (κ2) is 7.29. The first-order valence-corrected chi connectivity index (χ1v) is 8.50. The molecule has 1 aromatic carbocycles. The Bertz CT molecular complexity index is 738. The van der Waals surface area contributed by atoms with Crippen LogP contribution < -0.4 is 5.32 Å². The molecule has 1 saturated heterocycles. The standard InChI is InChI=1S/C17H15BrF4N2O/c18-11-3-1-10(2-4-11)17(5-7-25-8-6-17)9-23-14-12(19)15(21)24-16(22)13(14)20/h1-4H,5-9H2,(H,23,24). The van der Waals surface area contributed by atoms with Gasteiger partial charge in [0, 0.05) is 29.6 Å². The fourth-order valence-corrected chi connectivity index (χ4v) is 3.30. The number of halogens is 5. The predicted octanol–water partition coefficient (Wildman–Crippen LogP) is 4.56. The average molecular weight is 419 g/mol. The summed E-state index contributed by atoms with van der Waals surface area (Å²) in [6, 6.07) is 7.58. The smallest absolute Gasteiger partial charge is 0.253 e. The third kappa shape index (κ3) is 3.64. The monoisotopic (exact) mass is 418 g/mol. The molecule has 1 aromatic heterocycles. The molecule has 0 unspecified atom stereocenters. The highest BCUT2D eigenvalue weighted by Gasteiger charge is 2.35. The van der Waals surface area contributed by atoms with E-state index in [-0.39, 0.29) is 6.54 Å². The largest absolute Gasteiger partial charge is 0.381 e. The van der Waals surface area contributed by atoms with Crippen LogP contribution in [0, 0.1) is 23.5 Å². The third-order valence-electron chi connectivity index (χ3n) is 4.51. The van der Waals surface area contributed by atoms with Gasteiger partial charge in [-0.1, -0.05) is 28.1 Å². The Morgan fingerprint density at radius 2 is 1.56 bits per heavy atom. The normalized spacial score (nSPS) is 16.7. The van der Waals surface area contributed by atoms with Crippen LogP contribution in [-0.4, -0.2) is 24.7 Å². The lowest BCUT2D eigenvalue weighted by atomic mass is 9.74. The summed E-state index contributed by atoms with van der Waals surface area (Å²) in [4.78, 5) is 2.56. The third-order valence-corrected chi connectivity index (χ3v) is 5.04. The number of benzene rings is 1. The molecule has 1 aliphatic rings. The van der Waals surface area contributed by atoms with Gasteiger partial charge in [0.2, 0.25) is 11.6 Å². The van der Waals surface area contributed by atoms with Crippen LogP contribution in [0.2, 0.25) is 0 Å². The fourth-order valence-electron chi connectivity index (χ4n) is 3.03. The fraction of sp³-hybridized carbons (Fsp3) is 0.353. The minimum Gasteiger partial charge on any atom is -0.381 e. The van der Waals surface area contributed by atoms with Crippen molar-refractivity contribution in [3.8, 4) is 0 Å². The lowest BCUT2D eigenvalue weighted by molar-refractivity contribution is 0.0543. The first-order chi connectivity index (χ1) is 11.9. The van der Waals surface area contributed by atoms with E-state index in [1.807, 2.05) is 24.3 Å². The van der Waals surface area contributed by atoms with Crippen LogP contribution in [0.25, 0.3) is 0 Å². The van der Waals surface area contributed by atoms with Gasteiger partial charge in [-0.3, -0.25) is 0 Å². The Balaban J connectivity index is 1.91. The van der Waals surface area contributed by atoms with E-state index < -0.39 is 34.6 Å². The molecule has 8 heteroatoms. The second-order valence-corrected chi connectivity index (χ2v) is 6.87. The molecule has 0 saturated carbocycles. The molecule has 0 radical (unpaired) electrons. The van der Waals surface area contributed by atoms with Crippen molar-refractivity contribution in [1.82, 2.24) is 4.98 Å². The second-order valence-electron chi connectivity index (χ2n) is 5.95. The topological polar surface area (TPSA) is 34.2 Å². The van der Waals surface area contributed by atoms with Crippen LogP contribution in [0.3, 0.4) is 0 Å². The van der Waals surface area contributed by atoms with Crippen molar-refractivity contribution in [3.05, 3.63) is 57.8 Å². The molecule has 2 aromatic rings. The molecular weight excluding hydrogens is 404 g/mol. The van der Waals surface area contributed by atoms with Gasteiger partial charge in [0.25, 0.3) is 11.9 Å². The molecule has 0 amide bonds. The lowest BCUT2D eigenvalue weighted by Crippen LogP contribution is -2.40. The van der Waals surface area contributed by atoms with E-state index in [0.29, 0.717) is 26.1 Å². The number of rotatable bonds is 4. The summed E-state index contributed by atoms with van der Waals surface area (Å²) < 4.78 is 60.6. The quantitative estimate of drug-likeness (QED) is 0.583. The Hall–Kier alpha value is -1.67. The van der Waals surface area contributed by atoms with Gasteiger partial charge in [0.05, 0.1) is 0 Å². The zero-order chi connectivity index (χ0) is 18.0. The van der Waals surface area contributed by atoms with Gasteiger partial charge in [-0.05, 0) is 30.5 Å². The van der Waals surface area contributed by atoms with E-state index in [4.69, 9.17) is 4.74 Å². The average Bonchev–Trinajstić information content (AvgIpc) is 2.61. The number of hydrogen-bond donors (Lipinski definition) is 1. The zero-order valence-electron chi connectivity index (χ0n) is 13.1. The van der Waals surface area contributed by atoms with Crippen molar-refractivity contribution < 1.29 is 22.3 Å². The Morgan fingerprint density at radius 3 is 2.12 bits per heavy atom. The lowest BCUT2D eigenvalue weighted by Gasteiger charge is -2.38. The van der Waals surface area contributed by atoms with Crippen LogP contribution in [0.4, 0.5) is 23.2 Å². The maximum atomic E-state index is 13.8. The number of nitrogens with zero attached hydrogens (tertiary/aromatic N) is 1. The summed E-state index contributed by atoms with van der Waals surface area (Å²) in [6.07, 6.45) is 1.22. The summed E-state index contributed by atoms with van der Waals surface area (Å²) in [5.41, 5.74) is -0.344. The van der Waals surface area contributed by atoms with Crippen LogP contribution in [0.5, 0.6) is 0 Å². The van der Waals surface area contributed by atoms with Crippen LogP contribution in [-0.2, 0) is 10.2 Å². The van der Waals surface area contributed by atoms with Crippen molar-refractivity contribution in [2.24, 2.45) is 0 Å². The molecule has 1 fully saturated rings. The van der Waals surface area contributed by atoms with Crippen molar-refractivity contribution in [2.45, 2.75) is 18.3 Å². The molecule has 1 N–H and O–H groups in total. The van der Waals surface area contributed by atoms with Crippen molar-refractivity contribution in [2.75, 3.05) is 25.1 Å². The summed E-state index contributed by atoms with van der Waals surface area (Å²) in [5, 5.41) is 2.55. The predicted molar refractivity (Wildman–Crippen MR) is 88.4 cm³/mol. The Labute approximate surface area is 150 Å². The first kappa shape index (κ1) is 18.1. The van der Waals surface area contributed by atoms with Crippen molar-refractivity contribution >= 4 is 21.6 Å². The molecule has 0 atom stereocenters. The van der Waals surface area contributed by atoms with Gasteiger partial charge in [-0.25, -0.2) is 0 Å². The van der Waals surface area contributed by atoms with Crippen LogP contribution in [0.1, 0.15) is 18.4 Å². The van der Waals surface area contributed by atoms with Crippen molar-refractivity contribution in [1.29, 1.82) is 0 Å². The number of anilines is 1. The number of nitrogens with one attached hydrogen (secondary N) is 1. The van der Waals surface area contributed by atoms with Gasteiger partial charge in [-0.2, -0.15) is 22.5 Å². The van der Waals surface area contributed by atoms with Gasteiger partial charge < -0.3 is 10.1 Å². The molecule has 0 spiro atoms. The van der Waals surface area contributed by atoms with Gasteiger partial charge in [0.1, 0.15) is 5.69 Å². The van der Waals surface area contributed by atoms with Gasteiger partial charge in [0.15, 0.2) is 0 Å². The van der Waals surface area contributed by atoms with Crippen molar-refractivity contribution in [3.63, 3.8) is 0 Å². The first-order valence-electron chi connectivity index (χ1n) is 7.71. The number of ether oxygens (including phenoxy) is 1. The van der Waals surface area contributed by atoms with Crippen LogP contribution >= 0.6 is 15.9 Å². The highest BCUT2D eigenvalue weighted by molar-refractivity contribution is 9.10. The van der Waals surface area contributed by atoms with E-state index in [2.05, 4.69) is 26.2 Å². The number of pyridine rings is 1.